The van der Waals surface area contributed by atoms with Crippen molar-refractivity contribution in [2.45, 2.75) is 51.1 Å². The number of allylic oxidation sites excluding steroid dienone is 1. The van der Waals surface area contributed by atoms with E-state index in [2.05, 4.69) is 18.8 Å². The van der Waals surface area contributed by atoms with Gasteiger partial charge in [0.2, 0.25) is 0 Å². The first-order valence-corrected chi connectivity index (χ1v) is 4.73. The van der Waals surface area contributed by atoms with E-state index in [1.807, 2.05) is 6.08 Å². The lowest BCUT2D eigenvalue weighted by Crippen LogP contribution is -2.28. The first kappa shape index (κ1) is 8.79. The molecule has 0 aromatic heterocycles. The number of hydrogen-bond donors (Lipinski definition) is 1. The lowest BCUT2D eigenvalue weighted by atomic mass is 10.1. The zero-order valence-electron chi connectivity index (χ0n) is 7.47. The molecule has 1 saturated heterocycles. The highest BCUT2D eigenvalue weighted by Crippen LogP contribution is 2.17. The van der Waals surface area contributed by atoms with Gasteiger partial charge in [0.15, 0.2) is 0 Å². The molecule has 0 amide bonds. The van der Waals surface area contributed by atoms with E-state index in [9.17, 15) is 0 Å². The van der Waals surface area contributed by atoms with Crippen LogP contribution in [0.5, 0.6) is 0 Å². The molecular formula is C10H19N. The molecule has 1 fully saturated rings. The molecule has 1 N–H and O–H groups in total. The molecule has 11 heavy (non-hydrogen) atoms. The summed E-state index contributed by atoms with van der Waals surface area (Å²) >= 11 is 0. The van der Waals surface area contributed by atoms with E-state index in [1.54, 1.807) is 0 Å². The van der Waals surface area contributed by atoms with Crippen molar-refractivity contribution in [2.75, 3.05) is 0 Å². The Labute approximate surface area is 69.9 Å². The van der Waals surface area contributed by atoms with Crippen LogP contribution in [0.25, 0.3) is 0 Å². The third kappa shape index (κ3) is 2.66. The van der Waals surface area contributed by atoms with E-state index in [0.29, 0.717) is 0 Å². The van der Waals surface area contributed by atoms with Crippen LogP contribution in [-0.2, 0) is 0 Å². The molecule has 2 atom stereocenters. The molecule has 1 heteroatoms. The van der Waals surface area contributed by atoms with Crippen molar-refractivity contribution in [3.05, 3.63) is 12.7 Å². The maximum Gasteiger partial charge on any atom is 0.00731 e. The Bertz CT molecular complexity index is 120. The van der Waals surface area contributed by atoms with Crippen LogP contribution in [0, 0.1) is 0 Å². The summed E-state index contributed by atoms with van der Waals surface area (Å²) in [6.07, 6.45) is 8.48. The summed E-state index contributed by atoms with van der Waals surface area (Å²) in [5, 5.41) is 3.63. The fourth-order valence-electron chi connectivity index (χ4n) is 1.77. The maximum atomic E-state index is 3.73. The highest BCUT2D eigenvalue weighted by molar-refractivity contribution is 4.84. The van der Waals surface area contributed by atoms with Gasteiger partial charge in [0.25, 0.3) is 0 Å². The van der Waals surface area contributed by atoms with Crippen LogP contribution < -0.4 is 5.32 Å². The summed E-state index contributed by atoms with van der Waals surface area (Å²) in [5.74, 6) is 0. The van der Waals surface area contributed by atoms with E-state index in [0.717, 1.165) is 18.5 Å². The Morgan fingerprint density at radius 2 is 2.18 bits per heavy atom. The average Bonchev–Trinajstić information content (AvgIpc) is 2.48. The van der Waals surface area contributed by atoms with Gasteiger partial charge in [0, 0.05) is 12.1 Å². The summed E-state index contributed by atoms with van der Waals surface area (Å²) in [6.45, 7) is 5.99. The summed E-state index contributed by atoms with van der Waals surface area (Å²) in [4.78, 5) is 0. The number of rotatable bonds is 4. The van der Waals surface area contributed by atoms with E-state index in [1.165, 1.54) is 25.7 Å². The maximum absolute atomic E-state index is 3.73. The van der Waals surface area contributed by atoms with E-state index >= 15 is 0 Å². The van der Waals surface area contributed by atoms with Crippen LogP contribution in [0.4, 0.5) is 0 Å². The largest absolute Gasteiger partial charge is 0.311 e. The number of hydrogen-bond acceptors (Lipinski definition) is 1. The summed E-state index contributed by atoms with van der Waals surface area (Å²) in [7, 11) is 0. The molecule has 0 spiro atoms. The molecule has 0 radical (unpaired) electrons. The second-order valence-electron chi connectivity index (χ2n) is 3.41. The zero-order valence-corrected chi connectivity index (χ0v) is 7.47. The SMILES string of the molecule is C=CCCC1CCC(CC)N1. The Morgan fingerprint density at radius 1 is 1.45 bits per heavy atom. The lowest BCUT2D eigenvalue weighted by Gasteiger charge is -2.11. The van der Waals surface area contributed by atoms with Crippen molar-refractivity contribution < 1.29 is 0 Å². The third-order valence-corrected chi connectivity index (χ3v) is 2.55. The molecule has 1 aliphatic rings. The molecular weight excluding hydrogens is 134 g/mol. The van der Waals surface area contributed by atoms with Crippen molar-refractivity contribution in [1.29, 1.82) is 0 Å². The molecule has 0 aromatic rings. The van der Waals surface area contributed by atoms with Gasteiger partial charge < -0.3 is 5.32 Å². The fraction of sp³-hybridized carbons (Fsp3) is 0.800. The van der Waals surface area contributed by atoms with Gasteiger partial charge in [-0.05, 0) is 32.1 Å². The van der Waals surface area contributed by atoms with E-state index < -0.39 is 0 Å². The van der Waals surface area contributed by atoms with Crippen LogP contribution in [0.1, 0.15) is 39.0 Å². The molecule has 1 rings (SSSR count). The molecule has 2 unspecified atom stereocenters. The topological polar surface area (TPSA) is 12.0 Å². The highest BCUT2D eigenvalue weighted by atomic mass is 15.0. The smallest absolute Gasteiger partial charge is 0.00731 e. The number of nitrogens with one attached hydrogen (secondary N) is 1. The quantitative estimate of drug-likeness (QED) is 0.612. The van der Waals surface area contributed by atoms with Gasteiger partial charge in [-0.2, -0.15) is 0 Å². The van der Waals surface area contributed by atoms with Crippen molar-refractivity contribution in [1.82, 2.24) is 5.32 Å². The Kier molecular flexibility index (Phi) is 3.64. The molecule has 64 valence electrons. The minimum absolute atomic E-state index is 0.776. The lowest BCUT2D eigenvalue weighted by molar-refractivity contribution is 0.506. The Hall–Kier alpha value is -0.300. The van der Waals surface area contributed by atoms with Gasteiger partial charge in [-0.15, -0.1) is 6.58 Å². The molecule has 0 saturated carbocycles. The van der Waals surface area contributed by atoms with Crippen LogP contribution >= 0.6 is 0 Å². The second-order valence-corrected chi connectivity index (χ2v) is 3.41. The molecule has 1 heterocycles. The van der Waals surface area contributed by atoms with Crippen molar-refractivity contribution in [2.24, 2.45) is 0 Å². The third-order valence-electron chi connectivity index (χ3n) is 2.55. The van der Waals surface area contributed by atoms with Gasteiger partial charge in [-0.1, -0.05) is 13.0 Å². The zero-order chi connectivity index (χ0) is 8.10. The molecule has 0 aliphatic carbocycles. The minimum Gasteiger partial charge on any atom is -0.311 e. The average molecular weight is 153 g/mol. The minimum atomic E-state index is 0.776. The van der Waals surface area contributed by atoms with Gasteiger partial charge in [0.1, 0.15) is 0 Å². The molecule has 1 aliphatic heterocycles. The van der Waals surface area contributed by atoms with Crippen molar-refractivity contribution in [3.8, 4) is 0 Å². The van der Waals surface area contributed by atoms with Gasteiger partial charge in [0.05, 0.1) is 0 Å². The first-order valence-electron chi connectivity index (χ1n) is 4.73. The Morgan fingerprint density at radius 3 is 2.73 bits per heavy atom. The fourth-order valence-corrected chi connectivity index (χ4v) is 1.77. The van der Waals surface area contributed by atoms with E-state index in [-0.39, 0.29) is 0 Å². The van der Waals surface area contributed by atoms with Gasteiger partial charge in [-0.3, -0.25) is 0 Å². The first-order chi connectivity index (χ1) is 5.36. The van der Waals surface area contributed by atoms with E-state index in [4.69, 9.17) is 0 Å². The predicted octanol–water partition coefficient (Wildman–Crippen LogP) is 2.48. The molecule has 0 aromatic carbocycles. The molecule has 0 bridgehead atoms. The van der Waals surface area contributed by atoms with Crippen LogP contribution in [0.3, 0.4) is 0 Å². The highest BCUT2D eigenvalue weighted by Gasteiger charge is 2.20. The van der Waals surface area contributed by atoms with Gasteiger partial charge >= 0.3 is 0 Å². The summed E-state index contributed by atoms with van der Waals surface area (Å²) in [5.41, 5.74) is 0. The van der Waals surface area contributed by atoms with Crippen LogP contribution in [-0.4, -0.2) is 12.1 Å². The Balaban J connectivity index is 2.13. The normalized spacial score (nSPS) is 30.6. The monoisotopic (exact) mass is 153 g/mol. The van der Waals surface area contributed by atoms with Crippen LogP contribution in [0.15, 0.2) is 12.7 Å². The van der Waals surface area contributed by atoms with Crippen molar-refractivity contribution in [3.63, 3.8) is 0 Å². The second kappa shape index (κ2) is 4.55. The van der Waals surface area contributed by atoms with Crippen LogP contribution in [0.2, 0.25) is 0 Å². The predicted molar refractivity (Wildman–Crippen MR) is 49.7 cm³/mol. The summed E-state index contributed by atoms with van der Waals surface area (Å²) in [6, 6.07) is 1.57. The summed E-state index contributed by atoms with van der Waals surface area (Å²) < 4.78 is 0. The van der Waals surface area contributed by atoms with Crippen molar-refractivity contribution >= 4 is 0 Å². The standard InChI is InChI=1S/C10H19N/c1-3-5-6-10-8-7-9(4-2)11-10/h3,9-11H,1,4-8H2,2H3. The van der Waals surface area contributed by atoms with Gasteiger partial charge in [-0.25, -0.2) is 0 Å². The molecule has 1 nitrogen and oxygen atoms in total.